The molecule has 4 nitrogen and oxygen atoms in total. The number of hydrogen-bond donors (Lipinski definition) is 1. The summed E-state index contributed by atoms with van der Waals surface area (Å²) in [5.41, 5.74) is 1.06. The van der Waals surface area contributed by atoms with Crippen molar-refractivity contribution < 1.29 is 4.39 Å². The molecule has 1 atom stereocenters. The van der Waals surface area contributed by atoms with Gasteiger partial charge in [-0.05, 0) is 44.0 Å². The van der Waals surface area contributed by atoms with E-state index in [9.17, 15) is 4.39 Å². The molecule has 0 aliphatic carbocycles. The van der Waals surface area contributed by atoms with Crippen molar-refractivity contribution in [1.29, 1.82) is 0 Å². The first-order valence-electron chi connectivity index (χ1n) is 7.60. The molecule has 2 aromatic rings. The van der Waals surface area contributed by atoms with Crippen LogP contribution in [0, 0.1) is 12.7 Å². The molecule has 0 saturated carbocycles. The summed E-state index contributed by atoms with van der Waals surface area (Å²) >= 11 is 0. The van der Waals surface area contributed by atoms with Crippen LogP contribution in [0.15, 0.2) is 24.3 Å². The summed E-state index contributed by atoms with van der Waals surface area (Å²) in [6.07, 6.45) is 4.65. The molecule has 1 aromatic carbocycles. The van der Waals surface area contributed by atoms with Crippen molar-refractivity contribution in [2.45, 2.75) is 45.2 Å². The van der Waals surface area contributed by atoms with E-state index in [1.54, 1.807) is 12.1 Å². The summed E-state index contributed by atoms with van der Waals surface area (Å²) in [5, 5.41) is 7.12. The summed E-state index contributed by atoms with van der Waals surface area (Å²) in [6.45, 7) is 3.63. The molecule has 1 unspecified atom stereocenters. The first kappa shape index (κ1) is 14.2. The van der Waals surface area contributed by atoms with Gasteiger partial charge in [-0.25, -0.2) is 9.37 Å². The van der Waals surface area contributed by atoms with Gasteiger partial charge in [0.15, 0.2) is 5.82 Å². The van der Waals surface area contributed by atoms with Gasteiger partial charge in [0.05, 0.1) is 6.54 Å². The molecule has 0 spiro atoms. The van der Waals surface area contributed by atoms with Crippen molar-refractivity contribution in [2.24, 2.45) is 0 Å². The van der Waals surface area contributed by atoms with Crippen molar-refractivity contribution in [1.82, 2.24) is 20.1 Å². The molecule has 1 aliphatic heterocycles. The van der Waals surface area contributed by atoms with Gasteiger partial charge in [-0.1, -0.05) is 25.0 Å². The van der Waals surface area contributed by atoms with E-state index in [2.05, 4.69) is 20.1 Å². The van der Waals surface area contributed by atoms with Crippen LogP contribution in [0.3, 0.4) is 0 Å². The molecule has 1 N–H and O–H groups in total. The normalized spacial score (nSPS) is 20.4. The zero-order chi connectivity index (χ0) is 14.7. The SMILES string of the molecule is Cc1nc(CN2CCCCCC2c2cccc(F)c2)n[nH]1. The average molecular weight is 288 g/mol. The second kappa shape index (κ2) is 6.35. The molecule has 2 heterocycles. The van der Waals surface area contributed by atoms with Crippen molar-refractivity contribution in [2.75, 3.05) is 6.54 Å². The number of H-pyrrole nitrogens is 1. The van der Waals surface area contributed by atoms with Crippen LogP contribution in [-0.4, -0.2) is 26.6 Å². The van der Waals surface area contributed by atoms with Crippen LogP contribution in [0.4, 0.5) is 4.39 Å². The highest BCUT2D eigenvalue weighted by atomic mass is 19.1. The first-order chi connectivity index (χ1) is 10.2. The highest BCUT2D eigenvalue weighted by Gasteiger charge is 2.24. The number of nitrogens with one attached hydrogen (secondary N) is 1. The van der Waals surface area contributed by atoms with Gasteiger partial charge in [-0.15, -0.1) is 0 Å². The Bertz CT molecular complexity index is 595. The van der Waals surface area contributed by atoms with Gasteiger partial charge in [0.25, 0.3) is 0 Å². The Hall–Kier alpha value is -1.75. The van der Waals surface area contributed by atoms with Crippen molar-refractivity contribution >= 4 is 0 Å². The third kappa shape index (κ3) is 3.47. The number of aromatic amines is 1. The maximum atomic E-state index is 13.5. The van der Waals surface area contributed by atoms with E-state index < -0.39 is 0 Å². The van der Waals surface area contributed by atoms with Gasteiger partial charge in [-0.2, -0.15) is 5.10 Å². The molecule has 0 amide bonds. The molecular weight excluding hydrogens is 267 g/mol. The molecule has 1 saturated heterocycles. The third-order valence-electron chi connectivity index (χ3n) is 4.09. The Morgan fingerprint density at radius 2 is 2.24 bits per heavy atom. The molecule has 3 rings (SSSR count). The minimum Gasteiger partial charge on any atom is -0.289 e. The van der Waals surface area contributed by atoms with Gasteiger partial charge >= 0.3 is 0 Å². The number of halogens is 1. The van der Waals surface area contributed by atoms with Crippen LogP contribution in [-0.2, 0) is 6.54 Å². The number of aromatic nitrogens is 3. The Kier molecular flexibility index (Phi) is 4.29. The maximum Gasteiger partial charge on any atom is 0.164 e. The van der Waals surface area contributed by atoms with Crippen LogP contribution in [0.5, 0.6) is 0 Å². The van der Waals surface area contributed by atoms with E-state index in [4.69, 9.17) is 0 Å². The lowest BCUT2D eigenvalue weighted by molar-refractivity contribution is 0.187. The summed E-state index contributed by atoms with van der Waals surface area (Å²) in [6, 6.07) is 7.23. The predicted octanol–water partition coefficient (Wildman–Crippen LogP) is 3.37. The lowest BCUT2D eigenvalue weighted by Crippen LogP contribution is -2.28. The smallest absolute Gasteiger partial charge is 0.164 e. The van der Waals surface area contributed by atoms with Gasteiger partial charge in [0.1, 0.15) is 11.6 Å². The number of benzene rings is 1. The number of nitrogens with zero attached hydrogens (tertiary/aromatic N) is 3. The summed E-state index contributed by atoms with van der Waals surface area (Å²) in [5.74, 6) is 1.49. The van der Waals surface area contributed by atoms with Crippen molar-refractivity contribution in [3.05, 3.63) is 47.3 Å². The van der Waals surface area contributed by atoms with E-state index in [-0.39, 0.29) is 11.9 Å². The standard InChI is InChI=1S/C16H21FN4/c1-12-18-16(20-19-12)11-21-9-4-2-3-8-15(21)13-6-5-7-14(17)10-13/h5-7,10,15H,2-4,8-9,11H2,1H3,(H,18,19,20). The molecule has 0 radical (unpaired) electrons. The van der Waals surface area contributed by atoms with Crippen LogP contribution < -0.4 is 0 Å². The Balaban J connectivity index is 1.83. The Morgan fingerprint density at radius 1 is 1.33 bits per heavy atom. The summed E-state index contributed by atoms with van der Waals surface area (Å²) in [7, 11) is 0. The quantitative estimate of drug-likeness (QED) is 0.941. The van der Waals surface area contributed by atoms with E-state index in [1.807, 2.05) is 13.0 Å². The number of hydrogen-bond acceptors (Lipinski definition) is 3. The molecular formula is C16H21FN4. The van der Waals surface area contributed by atoms with Gasteiger partial charge in [0.2, 0.25) is 0 Å². The maximum absolute atomic E-state index is 13.5. The highest BCUT2D eigenvalue weighted by Crippen LogP contribution is 2.31. The fraction of sp³-hybridized carbons (Fsp3) is 0.500. The minimum absolute atomic E-state index is 0.162. The molecule has 1 fully saturated rings. The minimum atomic E-state index is -0.162. The fourth-order valence-electron chi connectivity index (χ4n) is 3.09. The third-order valence-corrected chi connectivity index (χ3v) is 4.09. The predicted molar refractivity (Wildman–Crippen MR) is 79.1 cm³/mol. The van der Waals surface area contributed by atoms with Crippen molar-refractivity contribution in [3.63, 3.8) is 0 Å². The molecule has 1 aliphatic rings. The zero-order valence-electron chi connectivity index (χ0n) is 12.3. The van der Waals surface area contributed by atoms with E-state index in [0.717, 1.165) is 30.2 Å². The largest absolute Gasteiger partial charge is 0.289 e. The van der Waals surface area contributed by atoms with Gasteiger partial charge in [-0.3, -0.25) is 10.00 Å². The van der Waals surface area contributed by atoms with Crippen LogP contribution in [0.2, 0.25) is 0 Å². The molecule has 5 heteroatoms. The van der Waals surface area contributed by atoms with E-state index in [0.29, 0.717) is 6.54 Å². The van der Waals surface area contributed by atoms with E-state index >= 15 is 0 Å². The number of rotatable bonds is 3. The molecule has 0 bridgehead atoms. The van der Waals surface area contributed by atoms with Gasteiger partial charge in [0, 0.05) is 6.04 Å². The van der Waals surface area contributed by atoms with Crippen LogP contribution >= 0.6 is 0 Å². The van der Waals surface area contributed by atoms with Gasteiger partial charge < -0.3 is 0 Å². The number of aryl methyl sites for hydroxylation is 1. The summed E-state index contributed by atoms with van der Waals surface area (Å²) < 4.78 is 13.5. The fourth-order valence-corrected chi connectivity index (χ4v) is 3.09. The molecule has 112 valence electrons. The molecule has 1 aromatic heterocycles. The number of likely N-dealkylation sites (tertiary alicyclic amines) is 1. The lowest BCUT2D eigenvalue weighted by Gasteiger charge is -2.29. The average Bonchev–Trinajstić information content (AvgIpc) is 2.73. The Morgan fingerprint density at radius 3 is 3.00 bits per heavy atom. The second-order valence-corrected chi connectivity index (χ2v) is 5.73. The lowest BCUT2D eigenvalue weighted by atomic mass is 10.0. The topological polar surface area (TPSA) is 44.8 Å². The van der Waals surface area contributed by atoms with E-state index in [1.165, 1.54) is 25.3 Å². The van der Waals surface area contributed by atoms with Crippen LogP contribution in [0.1, 0.15) is 48.9 Å². The Labute approximate surface area is 124 Å². The zero-order valence-corrected chi connectivity index (χ0v) is 12.3. The monoisotopic (exact) mass is 288 g/mol. The van der Waals surface area contributed by atoms with Crippen molar-refractivity contribution in [3.8, 4) is 0 Å². The first-order valence-corrected chi connectivity index (χ1v) is 7.60. The van der Waals surface area contributed by atoms with Crippen LogP contribution in [0.25, 0.3) is 0 Å². The summed E-state index contributed by atoms with van der Waals surface area (Å²) in [4.78, 5) is 6.78. The highest BCUT2D eigenvalue weighted by molar-refractivity contribution is 5.20. The second-order valence-electron chi connectivity index (χ2n) is 5.73. The molecule has 21 heavy (non-hydrogen) atoms.